The van der Waals surface area contributed by atoms with Crippen molar-refractivity contribution in [3.05, 3.63) is 0 Å². The van der Waals surface area contributed by atoms with E-state index in [1.165, 1.54) is 193 Å². The van der Waals surface area contributed by atoms with Crippen molar-refractivity contribution in [2.24, 2.45) is 23.7 Å². The van der Waals surface area contributed by atoms with Gasteiger partial charge in [0.2, 0.25) is 0 Å². The van der Waals surface area contributed by atoms with E-state index < -0.39 is 97.5 Å². The van der Waals surface area contributed by atoms with Crippen LogP contribution in [0.5, 0.6) is 0 Å². The minimum Gasteiger partial charge on any atom is -0.462 e. The zero-order chi connectivity index (χ0) is 71.7. The fraction of sp³-hybridized carbons (Fsp3) is 0.949. The number of aliphatic hydroxyl groups excluding tert-OH is 1. The molecule has 0 radical (unpaired) electrons. The highest BCUT2D eigenvalue weighted by Gasteiger charge is 2.30. The van der Waals surface area contributed by atoms with Crippen LogP contribution in [0.4, 0.5) is 0 Å². The Hall–Kier alpha value is -1.94. The molecule has 19 heteroatoms. The Kier molecular flexibility index (Phi) is 65.9. The van der Waals surface area contributed by atoms with E-state index in [4.69, 9.17) is 37.0 Å². The summed E-state index contributed by atoms with van der Waals surface area (Å²) in [5, 5.41) is 10.6. The van der Waals surface area contributed by atoms with Crippen molar-refractivity contribution in [1.82, 2.24) is 0 Å². The largest absolute Gasteiger partial charge is 0.472 e. The topological polar surface area (TPSA) is 237 Å². The van der Waals surface area contributed by atoms with E-state index in [2.05, 4.69) is 55.4 Å². The van der Waals surface area contributed by atoms with Gasteiger partial charge in [-0.25, -0.2) is 9.13 Å². The molecule has 0 aromatic carbocycles. The zero-order valence-corrected chi connectivity index (χ0v) is 65.5. The molecule has 3 unspecified atom stereocenters. The van der Waals surface area contributed by atoms with Gasteiger partial charge in [-0.2, -0.15) is 0 Å². The van der Waals surface area contributed by atoms with Crippen LogP contribution in [0.2, 0.25) is 0 Å². The molecule has 0 saturated heterocycles. The molecule has 0 fully saturated rings. The van der Waals surface area contributed by atoms with Crippen molar-refractivity contribution in [3.8, 4) is 0 Å². The average molecular weight is 1420 g/mol. The zero-order valence-electron chi connectivity index (χ0n) is 63.7. The van der Waals surface area contributed by atoms with Crippen molar-refractivity contribution >= 4 is 39.5 Å². The van der Waals surface area contributed by atoms with Gasteiger partial charge < -0.3 is 33.8 Å². The van der Waals surface area contributed by atoms with Gasteiger partial charge in [0.05, 0.1) is 26.4 Å². The first-order valence-corrected chi connectivity index (χ1v) is 43.2. The fourth-order valence-corrected chi connectivity index (χ4v) is 13.5. The Morgan fingerprint density at radius 3 is 0.732 bits per heavy atom. The summed E-state index contributed by atoms with van der Waals surface area (Å²) >= 11 is 0. The van der Waals surface area contributed by atoms with E-state index in [1.54, 1.807) is 0 Å². The third kappa shape index (κ3) is 70.9. The lowest BCUT2D eigenvalue weighted by Gasteiger charge is -2.21. The van der Waals surface area contributed by atoms with E-state index >= 15 is 0 Å². The van der Waals surface area contributed by atoms with Crippen molar-refractivity contribution < 1.29 is 80.2 Å². The van der Waals surface area contributed by atoms with Crippen LogP contribution < -0.4 is 0 Å². The summed E-state index contributed by atoms with van der Waals surface area (Å²) in [7, 11) is -9.91. The Balaban J connectivity index is 5.17. The number of phosphoric acid groups is 2. The Morgan fingerprint density at radius 1 is 0.289 bits per heavy atom. The summed E-state index contributed by atoms with van der Waals surface area (Å²) in [5.74, 6) is 0.933. The van der Waals surface area contributed by atoms with Crippen LogP contribution in [0.25, 0.3) is 0 Å². The number of unbranched alkanes of at least 4 members (excludes halogenated alkanes) is 40. The van der Waals surface area contributed by atoms with Gasteiger partial charge in [0, 0.05) is 25.7 Å². The molecule has 0 amide bonds. The first-order chi connectivity index (χ1) is 46.6. The van der Waals surface area contributed by atoms with Crippen LogP contribution in [-0.4, -0.2) is 96.7 Å². The molecule has 0 aliphatic carbocycles. The van der Waals surface area contributed by atoms with Crippen LogP contribution in [0.15, 0.2) is 0 Å². The number of aliphatic hydroxyl groups is 1. The maximum atomic E-state index is 13.1. The Morgan fingerprint density at radius 2 is 0.495 bits per heavy atom. The number of hydrogen-bond acceptors (Lipinski definition) is 15. The third-order valence-corrected chi connectivity index (χ3v) is 20.3. The van der Waals surface area contributed by atoms with Crippen molar-refractivity contribution in [3.63, 3.8) is 0 Å². The highest BCUT2D eigenvalue weighted by atomic mass is 31.2. The summed E-state index contributed by atoms with van der Waals surface area (Å²) in [6, 6.07) is 0. The molecule has 0 aromatic heterocycles. The lowest BCUT2D eigenvalue weighted by Crippen LogP contribution is -2.30. The molecule has 0 aromatic rings. The van der Waals surface area contributed by atoms with E-state index in [0.29, 0.717) is 31.6 Å². The Labute approximate surface area is 594 Å². The number of esters is 4. The van der Waals surface area contributed by atoms with Crippen LogP contribution >= 0.6 is 15.6 Å². The van der Waals surface area contributed by atoms with E-state index in [0.717, 1.165) is 114 Å². The molecule has 3 N–H and O–H groups in total. The van der Waals surface area contributed by atoms with E-state index in [1.807, 2.05) is 0 Å². The van der Waals surface area contributed by atoms with Gasteiger partial charge in [-0.05, 0) is 49.4 Å². The number of hydrogen-bond donors (Lipinski definition) is 3. The van der Waals surface area contributed by atoms with Gasteiger partial charge in [-0.3, -0.25) is 37.3 Å². The maximum Gasteiger partial charge on any atom is 0.472 e. The lowest BCUT2D eigenvalue weighted by atomic mass is 9.99. The van der Waals surface area contributed by atoms with Crippen molar-refractivity contribution in [2.75, 3.05) is 39.6 Å². The van der Waals surface area contributed by atoms with E-state index in [9.17, 15) is 43.2 Å². The number of rotatable bonds is 75. The number of carbonyl (C=O) groups is 4. The monoisotopic (exact) mass is 1420 g/mol. The molecule has 0 heterocycles. The van der Waals surface area contributed by atoms with Crippen molar-refractivity contribution in [2.45, 2.75) is 414 Å². The third-order valence-electron chi connectivity index (χ3n) is 18.4. The second-order valence-corrected chi connectivity index (χ2v) is 32.7. The molecular formula is C78H152O17P2. The van der Waals surface area contributed by atoms with Gasteiger partial charge in [-0.1, -0.05) is 344 Å². The van der Waals surface area contributed by atoms with Crippen LogP contribution in [0.1, 0.15) is 396 Å². The molecule has 0 saturated carbocycles. The van der Waals surface area contributed by atoms with Gasteiger partial charge >= 0.3 is 39.5 Å². The minimum atomic E-state index is -4.96. The second kappa shape index (κ2) is 67.2. The normalized spacial score (nSPS) is 14.4. The highest BCUT2D eigenvalue weighted by molar-refractivity contribution is 7.47. The van der Waals surface area contributed by atoms with Gasteiger partial charge in [0.15, 0.2) is 12.2 Å². The summed E-state index contributed by atoms with van der Waals surface area (Å²) in [4.78, 5) is 72.8. The summed E-state index contributed by atoms with van der Waals surface area (Å²) in [6.07, 6.45) is 53.0. The molecular weight excluding hydrogens is 1270 g/mol. The summed E-state index contributed by atoms with van der Waals surface area (Å²) in [5.41, 5.74) is 0. The molecule has 0 aliphatic heterocycles. The average Bonchev–Trinajstić information content (AvgIpc) is 1.93. The number of ether oxygens (including phenoxy) is 4. The molecule has 0 spiro atoms. The molecule has 6 atom stereocenters. The fourth-order valence-electron chi connectivity index (χ4n) is 11.9. The number of carbonyl (C=O) groups excluding carboxylic acids is 4. The summed E-state index contributed by atoms with van der Waals surface area (Å²) < 4.78 is 68.5. The highest BCUT2D eigenvalue weighted by Crippen LogP contribution is 2.45. The molecule has 0 aliphatic rings. The first-order valence-electron chi connectivity index (χ1n) is 40.2. The quantitative estimate of drug-likeness (QED) is 0.0222. The predicted molar refractivity (Wildman–Crippen MR) is 395 cm³/mol. The van der Waals surface area contributed by atoms with Gasteiger partial charge in [-0.15, -0.1) is 0 Å². The molecule has 576 valence electrons. The predicted octanol–water partition coefficient (Wildman–Crippen LogP) is 22.8. The van der Waals surface area contributed by atoms with Crippen molar-refractivity contribution in [1.29, 1.82) is 0 Å². The van der Waals surface area contributed by atoms with Crippen LogP contribution in [0.3, 0.4) is 0 Å². The first kappa shape index (κ1) is 95.1. The molecule has 0 bridgehead atoms. The lowest BCUT2D eigenvalue weighted by molar-refractivity contribution is -0.161. The smallest absolute Gasteiger partial charge is 0.462 e. The summed E-state index contributed by atoms with van der Waals surface area (Å²) in [6.45, 7) is 14.2. The molecule has 17 nitrogen and oxygen atoms in total. The number of phosphoric ester groups is 2. The van der Waals surface area contributed by atoms with Gasteiger partial charge in [0.1, 0.15) is 19.3 Å². The molecule has 97 heavy (non-hydrogen) atoms. The maximum absolute atomic E-state index is 13.1. The van der Waals surface area contributed by atoms with E-state index in [-0.39, 0.29) is 25.7 Å². The Bertz CT molecular complexity index is 1900. The SMILES string of the molecule is CCC(C)CCCCCCCCCCCCCCCCCCCCC(=O)OC[C@H](COP(=O)(O)OC[C@@H](O)COP(=O)(O)OC[C@@H](COC(=O)CCCCCCCCC(C)C)OC(=O)CCCCCCCCCCCC(C)C)OC(=O)CCCCCCCCCCCCCC(C)C. The minimum absolute atomic E-state index is 0.104. The standard InChI is InChI=1S/C78H152O17P2/c1-9-71(8)57-49-41-32-26-20-16-14-12-10-11-13-15-17-21-27-33-42-50-58-75(80)88-64-73(94-77(82)60-52-44-34-28-22-18-19-24-30-38-46-54-68(2)3)66-92-96(84,85)90-62-72(79)63-91-97(86,87)93-67-74(65-89-76(81)59-51-43-37-36-40-48-56-70(6)7)95-78(83)61-53-45-35-29-23-25-31-39-47-55-69(4)5/h68-74,79H,9-67H2,1-8H3,(H,84,85)(H,86,87)/t71?,72-,73-,74-/m1/s1. The van der Waals surface area contributed by atoms with Gasteiger partial charge in [0.25, 0.3) is 0 Å². The van der Waals surface area contributed by atoms with Crippen LogP contribution in [-0.2, 0) is 65.4 Å². The molecule has 0 rings (SSSR count). The second-order valence-electron chi connectivity index (χ2n) is 29.8. The van der Waals surface area contributed by atoms with Crippen LogP contribution in [0, 0.1) is 23.7 Å².